The van der Waals surface area contributed by atoms with Crippen molar-refractivity contribution in [3.8, 4) is 5.75 Å². The molecule has 3 rings (SSSR count). The van der Waals surface area contributed by atoms with Crippen molar-refractivity contribution in [1.29, 1.82) is 0 Å². The summed E-state index contributed by atoms with van der Waals surface area (Å²) in [6.07, 6.45) is 7.78. The molecule has 1 heterocycles. The Hall–Kier alpha value is -1.55. The highest BCUT2D eigenvalue weighted by Crippen LogP contribution is 2.48. The van der Waals surface area contributed by atoms with Crippen LogP contribution >= 0.6 is 0 Å². The first kappa shape index (κ1) is 19.2. The number of benzene rings is 1. The molecule has 1 saturated heterocycles. The highest BCUT2D eigenvalue weighted by molar-refractivity contribution is 5.70. The van der Waals surface area contributed by atoms with Crippen LogP contribution in [0.1, 0.15) is 70.4 Å². The zero-order valence-electron chi connectivity index (χ0n) is 16.6. The van der Waals surface area contributed by atoms with E-state index in [-0.39, 0.29) is 11.5 Å². The van der Waals surface area contributed by atoms with Crippen molar-refractivity contribution >= 4 is 6.09 Å². The highest BCUT2D eigenvalue weighted by atomic mass is 16.6. The zero-order chi connectivity index (χ0) is 18.6. The number of hydrogen-bond donors (Lipinski definition) is 1. The van der Waals surface area contributed by atoms with Gasteiger partial charge in [-0.2, -0.15) is 0 Å². The lowest BCUT2D eigenvalue weighted by Gasteiger charge is -2.29. The van der Waals surface area contributed by atoms with Crippen molar-refractivity contribution < 1.29 is 9.53 Å². The first-order valence-corrected chi connectivity index (χ1v) is 10.4. The Labute approximate surface area is 158 Å². The van der Waals surface area contributed by atoms with Crippen LogP contribution in [-0.2, 0) is 11.8 Å². The average Bonchev–Trinajstić information content (AvgIpc) is 3.08. The molecular formula is C22H34N2O2. The van der Waals surface area contributed by atoms with E-state index in [0.29, 0.717) is 18.3 Å². The van der Waals surface area contributed by atoms with Gasteiger partial charge in [-0.1, -0.05) is 46.1 Å². The highest BCUT2D eigenvalue weighted by Gasteiger charge is 2.49. The van der Waals surface area contributed by atoms with Gasteiger partial charge in [-0.05, 0) is 62.0 Å². The molecule has 4 nitrogen and oxygen atoms in total. The number of nitrogens with one attached hydrogen (secondary N) is 1. The monoisotopic (exact) mass is 358 g/mol. The van der Waals surface area contributed by atoms with Crippen molar-refractivity contribution in [3.05, 3.63) is 29.3 Å². The van der Waals surface area contributed by atoms with Crippen molar-refractivity contribution in [2.45, 2.75) is 77.2 Å². The minimum Gasteiger partial charge on any atom is -0.410 e. The molecule has 1 aliphatic carbocycles. The maximum atomic E-state index is 12.0. The summed E-state index contributed by atoms with van der Waals surface area (Å²) >= 11 is 0. The fourth-order valence-corrected chi connectivity index (χ4v) is 4.75. The van der Waals surface area contributed by atoms with Crippen LogP contribution in [0.25, 0.3) is 0 Å². The Bertz CT molecular complexity index is 631. The normalized spacial score (nSPS) is 24.3. The predicted molar refractivity (Wildman–Crippen MR) is 106 cm³/mol. The number of fused-ring (bicyclic) bond motifs is 3. The Morgan fingerprint density at radius 3 is 2.88 bits per heavy atom. The lowest BCUT2D eigenvalue weighted by atomic mass is 9.80. The van der Waals surface area contributed by atoms with Gasteiger partial charge in [0.2, 0.25) is 0 Å². The number of carbonyl (C=O) groups is 1. The minimum absolute atomic E-state index is 0.195. The Balaban J connectivity index is 1.60. The van der Waals surface area contributed by atoms with Gasteiger partial charge in [0.1, 0.15) is 5.75 Å². The number of rotatable bonds is 8. The van der Waals surface area contributed by atoms with Gasteiger partial charge in [-0.3, -0.25) is 4.90 Å². The van der Waals surface area contributed by atoms with Gasteiger partial charge in [-0.15, -0.1) is 0 Å². The Kier molecular flexibility index (Phi) is 6.23. The van der Waals surface area contributed by atoms with E-state index in [4.69, 9.17) is 4.74 Å². The molecule has 26 heavy (non-hydrogen) atoms. The van der Waals surface area contributed by atoms with Crippen LogP contribution in [0, 0.1) is 0 Å². The van der Waals surface area contributed by atoms with Gasteiger partial charge in [0, 0.05) is 18.0 Å². The molecule has 1 amide bonds. The second-order valence-corrected chi connectivity index (χ2v) is 8.12. The summed E-state index contributed by atoms with van der Waals surface area (Å²) in [5.74, 6) is 0.672. The molecule has 1 aromatic rings. The molecule has 0 spiro atoms. The molecule has 2 atom stereocenters. The summed E-state index contributed by atoms with van der Waals surface area (Å²) in [5.41, 5.74) is 3.00. The maximum absolute atomic E-state index is 12.0. The van der Waals surface area contributed by atoms with Gasteiger partial charge in [-0.25, -0.2) is 4.79 Å². The molecule has 1 fully saturated rings. The predicted octanol–water partition coefficient (Wildman–Crippen LogP) is 4.65. The molecule has 1 N–H and O–H groups in total. The number of carbonyl (C=O) groups excluding carboxylic acids is 1. The van der Waals surface area contributed by atoms with E-state index in [9.17, 15) is 4.79 Å². The molecule has 0 aromatic heterocycles. The quantitative estimate of drug-likeness (QED) is 0.688. The molecule has 144 valence electrons. The third kappa shape index (κ3) is 3.90. The topological polar surface area (TPSA) is 41.6 Å². The Morgan fingerprint density at radius 1 is 1.27 bits per heavy atom. The third-order valence-corrected chi connectivity index (χ3v) is 6.23. The third-order valence-electron chi connectivity index (χ3n) is 6.23. The van der Waals surface area contributed by atoms with Gasteiger partial charge in [0.05, 0.1) is 0 Å². The SMILES string of the molecule is CCCCCCNC(=O)Oc1ccc2c(c1)[C@]1(C)CCN(CCC)C1C2. The standard InChI is InChI=1S/C22H34N2O2/c1-4-6-7-8-12-23-21(25)26-18-10-9-17-15-20-22(3,19(17)16-18)11-14-24(20)13-5-2/h9-10,16,20H,4-8,11-15H2,1-3H3,(H,23,25)/t20?,22-/m0/s1. The molecule has 2 aliphatic rings. The first-order valence-electron chi connectivity index (χ1n) is 10.4. The van der Waals surface area contributed by atoms with E-state index in [1.165, 1.54) is 49.9 Å². The first-order chi connectivity index (χ1) is 12.6. The number of likely N-dealkylation sites (tertiary alicyclic amines) is 1. The minimum atomic E-state index is -0.333. The van der Waals surface area contributed by atoms with Gasteiger partial charge in [0.15, 0.2) is 0 Å². The van der Waals surface area contributed by atoms with Crippen LogP contribution < -0.4 is 10.1 Å². The summed E-state index contributed by atoms with van der Waals surface area (Å²) in [4.78, 5) is 14.7. The summed E-state index contributed by atoms with van der Waals surface area (Å²) in [5, 5.41) is 2.87. The fraction of sp³-hybridized carbons (Fsp3) is 0.682. The maximum Gasteiger partial charge on any atom is 0.412 e. The van der Waals surface area contributed by atoms with Gasteiger partial charge < -0.3 is 10.1 Å². The van der Waals surface area contributed by atoms with Gasteiger partial charge >= 0.3 is 6.09 Å². The van der Waals surface area contributed by atoms with Crippen LogP contribution in [0.5, 0.6) is 5.75 Å². The summed E-state index contributed by atoms with van der Waals surface area (Å²) in [7, 11) is 0. The zero-order valence-corrected chi connectivity index (χ0v) is 16.6. The second-order valence-electron chi connectivity index (χ2n) is 8.12. The number of nitrogens with zero attached hydrogens (tertiary/aromatic N) is 1. The van der Waals surface area contributed by atoms with Crippen LogP contribution in [0.15, 0.2) is 18.2 Å². The van der Waals surface area contributed by atoms with Crippen LogP contribution in [0.3, 0.4) is 0 Å². The molecule has 0 saturated carbocycles. The van der Waals surface area contributed by atoms with Crippen molar-refractivity contribution in [2.24, 2.45) is 0 Å². The van der Waals surface area contributed by atoms with E-state index < -0.39 is 0 Å². The molecular weight excluding hydrogens is 324 g/mol. The Morgan fingerprint density at radius 2 is 2.12 bits per heavy atom. The molecule has 0 bridgehead atoms. The average molecular weight is 359 g/mol. The number of ether oxygens (including phenoxy) is 1. The van der Waals surface area contributed by atoms with Crippen molar-refractivity contribution in [1.82, 2.24) is 10.2 Å². The van der Waals surface area contributed by atoms with Crippen molar-refractivity contribution in [2.75, 3.05) is 19.6 Å². The van der Waals surface area contributed by atoms with Crippen LogP contribution in [0.2, 0.25) is 0 Å². The molecule has 4 heteroatoms. The van der Waals surface area contributed by atoms with E-state index >= 15 is 0 Å². The van der Waals surface area contributed by atoms with E-state index in [2.05, 4.69) is 43.1 Å². The van der Waals surface area contributed by atoms with E-state index in [0.717, 1.165) is 19.3 Å². The molecule has 1 unspecified atom stereocenters. The summed E-state index contributed by atoms with van der Waals surface area (Å²) < 4.78 is 5.55. The number of amides is 1. The number of hydrogen-bond acceptors (Lipinski definition) is 3. The summed E-state index contributed by atoms with van der Waals surface area (Å²) in [6, 6.07) is 6.82. The molecule has 1 aromatic carbocycles. The van der Waals surface area contributed by atoms with E-state index in [1.807, 2.05) is 6.07 Å². The smallest absolute Gasteiger partial charge is 0.410 e. The second kappa shape index (κ2) is 8.43. The number of unbranched alkanes of at least 4 members (excludes halogenated alkanes) is 3. The van der Waals surface area contributed by atoms with Crippen LogP contribution in [-0.4, -0.2) is 36.7 Å². The lowest BCUT2D eigenvalue weighted by molar-refractivity contribution is 0.200. The summed E-state index contributed by atoms with van der Waals surface area (Å²) in [6.45, 7) is 9.87. The molecule has 0 radical (unpaired) electrons. The lowest BCUT2D eigenvalue weighted by Crippen LogP contribution is -2.38. The van der Waals surface area contributed by atoms with Gasteiger partial charge in [0.25, 0.3) is 0 Å². The van der Waals surface area contributed by atoms with Crippen LogP contribution in [0.4, 0.5) is 4.79 Å². The van der Waals surface area contributed by atoms with Crippen molar-refractivity contribution in [3.63, 3.8) is 0 Å². The fourth-order valence-electron chi connectivity index (χ4n) is 4.75. The largest absolute Gasteiger partial charge is 0.412 e. The van der Waals surface area contributed by atoms with E-state index in [1.54, 1.807) is 0 Å². The molecule has 1 aliphatic heterocycles.